The van der Waals surface area contributed by atoms with Gasteiger partial charge in [0.25, 0.3) is 5.91 Å². The molecule has 2 heterocycles. The maximum Gasteiger partial charge on any atom is 0.329 e. The van der Waals surface area contributed by atoms with Crippen LogP contribution in [0.2, 0.25) is 0 Å². The van der Waals surface area contributed by atoms with Gasteiger partial charge in [0.1, 0.15) is 6.04 Å². The molecule has 3 amide bonds. The zero-order valence-electron chi connectivity index (χ0n) is 14.8. The van der Waals surface area contributed by atoms with E-state index in [2.05, 4.69) is 10.6 Å². The third-order valence-corrected chi connectivity index (χ3v) is 5.80. The zero-order chi connectivity index (χ0) is 17.6. The minimum atomic E-state index is -0.475. The minimum Gasteiger partial charge on any atom is -0.382 e. The number of hydrogen-bond acceptors (Lipinski definition) is 4. The van der Waals surface area contributed by atoms with Crippen LogP contribution >= 0.6 is 0 Å². The molecule has 4 rings (SSSR count). The number of carbonyl (C=O) groups excluding carboxylic acids is 2. The second kappa shape index (κ2) is 6.02. The number of nitrogens with zero attached hydrogens (tertiary/aromatic N) is 1. The summed E-state index contributed by atoms with van der Waals surface area (Å²) < 4.78 is 6.00. The first kappa shape index (κ1) is 16.4. The monoisotopic (exact) mass is 343 g/mol. The molecule has 2 atom stereocenters. The van der Waals surface area contributed by atoms with Crippen LogP contribution in [-0.2, 0) is 9.53 Å². The lowest BCUT2D eigenvalue weighted by molar-refractivity contribution is -0.130. The van der Waals surface area contributed by atoms with Gasteiger partial charge >= 0.3 is 6.03 Å². The molecule has 1 aliphatic carbocycles. The number of ether oxygens (including phenoxy) is 1. The van der Waals surface area contributed by atoms with Crippen LogP contribution < -0.4 is 15.5 Å². The number of hydrogen-bond donors (Lipinski definition) is 2. The van der Waals surface area contributed by atoms with E-state index in [0.29, 0.717) is 11.7 Å². The molecule has 6 nitrogen and oxygen atoms in total. The van der Waals surface area contributed by atoms with E-state index in [1.165, 1.54) is 11.3 Å². The minimum absolute atomic E-state index is 0.0850. The quantitative estimate of drug-likeness (QED) is 0.828. The molecule has 2 aliphatic heterocycles. The highest BCUT2D eigenvalue weighted by molar-refractivity contribution is 6.21. The molecule has 1 aromatic rings. The molecule has 3 aliphatic rings. The standard InChI is InChI=1S/C19H25N3O3/c1-12-15(21-14-7-10-25-19(11-14)8-4-9-19)5-3-6-16(12)22-17(23)13(2)20-18(22)24/h3,5-6,13-14,21H,4,7-11H2,1-2H3,(H,20,24)/t13-,14+/m1/s1. The summed E-state index contributed by atoms with van der Waals surface area (Å²) in [7, 11) is 0. The number of carbonyl (C=O) groups is 2. The molecule has 2 N–H and O–H groups in total. The Hall–Kier alpha value is -2.08. The topological polar surface area (TPSA) is 70.7 Å². The second-order valence-corrected chi connectivity index (χ2v) is 7.51. The summed E-state index contributed by atoms with van der Waals surface area (Å²) >= 11 is 0. The van der Waals surface area contributed by atoms with E-state index in [4.69, 9.17) is 4.74 Å². The molecule has 2 saturated heterocycles. The lowest BCUT2D eigenvalue weighted by atomic mass is 9.74. The first-order valence-electron chi connectivity index (χ1n) is 9.14. The third-order valence-electron chi connectivity index (χ3n) is 5.80. The van der Waals surface area contributed by atoms with Gasteiger partial charge in [0.15, 0.2) is 0 Å². The molecule has 6 heteroatoms. The van der Waals surface area contributed by atoms with Crippen molar-refractivity contribution in [2.24, 2.45) is 0 Å². The Morgan fingerprint density at radius 1 is 1.32 bits per heavy atom. The van der Waals surface area contributed by atoms with E-state index in [0.717, 1.165) is 43.5 Å². The zero-order valence-corrected chi connectivity index (χ0v) is 14.8. The Labute approximate surface area is 147 Å². The molecule has 0 unspecified atom stereocenters. The van der Waals surface area contributed by atoms with Gasteiger partial charge in [-0.25, -0.2) is 9.69 Å². The van der Waals surface area contributed by atoms with E-state index >= 15 is 0 Å². The van der Waals surface area contributed by atoms with E-state index in [9.17, 15) is 9.59 Å². The van der Waals surface area contributed by atoms with Crippen molar-refractivity contribution in [3.05, 3.63) is 23.8 Å². The summed E-state index contributed by atoms with van der Waals surface area (Å²) in [5.74, 6) is -0.204. The summed E-state index contributed by atoms with van der Waals surface area (Å²) in [4.78, 5) is 25.7. The van der Waals surface area contributed by atoms with Gasteiger partial charge in [0, 0.05) is 18.3 Å². The first-order chi connectivity index (χ1) is 12.0. The third kappa shape index (κ3) is 2.78. The molecular weight excluding hydrogens is 318 g/mol. The fourth-order valence-electron chi connectivity index (χ4n) is 4.15. The number of imide groups is 1. The van der Waals surface area contributed by atoms with Crippen LogP contribution in [0.25, 0.3) is 0 Å². The van der Waals surface area contributed by atoms with Crippen LogP contribution in [0.1, 0.15) is 44.6 Å². The average molecular weight is 343 g/mol. The Morgan fingerprint density at radius 3 is 2.76 bits per heavy atom. The van der Waals surface area contributed by atoms with Gasteiger partial charge in [0.05, 0.1) is 11.3 Å². The van der Waals surface area contributed by atoms with Crippen molar-refractivity contribution in [1.82, 2.24) is 5.32 Å². The van der Waals surface area contributed by atoms with Gasteiger partial charge in [-0.2, -0.15) is 0 Å². The van der Waals surface area contributed by atoms with Gasteiger partial charge in [-0.3, -0.25) is 4.79 Å². The molecule has 1 saturated carbocycles. The maximum absolute atomic E-state index is 12.3. The molecule has 0 aromatic heterocycles. The van der Waals surface area contributed by atoms with Crippen molar-refractivity contribution >= 4 is 23.3 Å². The Bertz CT molecular complexity index is 714. The van der Waals surface area contributed by atoms with Gasteiger partial charge in [-0.15, -0.1) is 0 Å². The molecule has 25 heavy (non-hydrogen) atoms. The van der Waals surface area contributed by atoms with Crippen molar-refractivity contribution in [3.63, 3.8) is 0 Å². The van der Waals surface area contributed by atoms with Crippen LogP contribution in [-0.4, -0.2) is 36.2 Å². The van der Waals surface area contributed by atoms with E-state index in [1.54, 1.807) is 6.92 Å². The van der Waals surface area contributed by atoms with E-state index < -0.39 is 6.04 Å². The van der Waals surface area contributed by atoms with Crippen molar-refractivity contribution in [3.8, 4) is 0 Å². The summed E-state index contributed by atoms with van der Waals surface area (Å²) in [5, 5.41) is 6.30. The highest BCUT2D eigenvalue weighted by atomic mass is 16.5. The Morgan fingerprint density at radius 2 is 2.12 bits per heavy atom. The normalized spacial score (nSPS) is 28.0. The highest BCUT2D eigenvalue weighted by Crippen LogP contribution is 2.43. The van der Waals surface area contributed by atoms with Crippen LogP contribution in [0.15, 0.2) is 18.2 Å². The first-order valence-corrected chi connectivity index (χ1v) is 9.14. The number of urea groups is 1. The van der Waals surface area contributed by atoms with Gasteiger partial charge in [-0.1, -0.05) is 6.07 Å². The van der Waals surface area contributed by atoms with Crippen LogP contribution in [0, 0.1) is 6.92 Å². The van der Waals surface area contributed by atoms with Crippen molar-refractivity contribution in [2.75, 3.05) is 16.8 Å². The lowest BCUT2D eigenvalue weighted by Gasteiger charge is -2.47. The molecule has 134 valence electrons. The fraction of sp³-hybridized carbons (Fsp3) is 0.579. The molecule has 3 fully saturated rings. The molecule has 0 radical (unpaired) electrons. The number of rotatable bonds is 3. The summed E-state index contributed by atoms with van der Waals surface area (Å²) in [6.07, 6.45) is 5.57. The average Bonchev–Trinajstić information content (AvgIpc) is 2.81. The molecule has 1 spiro atoms. The summed E-state index contributed by atoms with van der Waals surface area (Å²) in [6, 6.07) is 5.28. The second-order valence-electron chi connectivity index (χ2n) is 7.51. The fourth-order valence-corrected chi connectivity index (χ4v) is 4.15. The number of anilines is 2. The van der Waals surface area contributed by atoms with Crippen molar-refractivity contribution in [1.29, 1.82) is 0 Å². The Balaban J connectivity index is 1.55. The molecule has 1 aromatic carbocycles. The van der Waals surface area contributed by atoms with Gasteiger partial charge < -0.3 is 15.4 Å². The predicted molar refractivity (Wildman–Crippen MR) is 95.8 cm³/mol. The Kier molecular flexibility index (Phi) is 3.95. The largest absolute Gasteiger partial charge is 0.382 e. The SMILES string of the molecule is Cc1c(N[C@H]2CCOC3(CCC3)C2)cccc1N1C(=O)N[C@H](C)C1=O. The number of benzene rings is 1. The predicted octanol–water partition coefficient (Wildman–Crippen LogP) is 2.95. The lowest BCUT2D eigenvalue weighted by Crippen LogP contribution is -2.49. The van der Waals surface area contributed by atoms with Crippen LogP contribution in [0.5, 0.6) is 0 Å². The maximum atomic E-state index is 12.3. The van der Waals surface area contributed by atoms with Crippen LogP contribution in [0.4, 0.5) is 16.2 Å². The van der Waals surface area contributed by atoms with Crippen molar-refractivity contribution < 1.29 is 14.3 Å². The molecular formula is C19H25N3O3. The number of amides is 3. The summed E-state index contributed by atoms with van der Waals surface area (Å²) in [5.41, 5.74) is 2.65. The summed E-state index contributed by atoms with van der Waals surface area (Å²) in [6.45, 7) is 4.46. The van der Waals surface area contributed by atoms with Gasteiger partial charge in [-0.05, 0) is 63.6 Å². The number of nitrogens with one attached hydrogen (secondary N) is 2. The van der Waals surface area contributed by atoms with Crippen molar-refractivity contribution in [2.45, 2.75) is 63.6 Å². The molecule has 0 bridgehead atoms. The van der Waals surface area contributed by atoms with E-state index in [-0.39, 0.29) is 17.5 Å². The highest BCUT2D eigenvalue weighted by Gasteiger charge is 2.42. The van der Waals surface area contributed by atoms with E-state index in [1.807, 2.05) is 25.1 Å². The van der Waals surface area contributed by atoms with Crippen LogP contribution in [0.3, 0.4) is 0 Å². The smallest absolute Gasteiger partial charge is 0.329 e. The van der Waals surface area contributed by atoms with Gasteiger partial charge in [0.2, 0.25) is 0 Å².